The van der Waals surface area contributed by atoms with Gasteiger partial charge in [0, 0.05) is 13.0 Å². The second-order valence-corrected chi connectivity index (χ2v) is 9.54. The zero-order chi connectivity index (χ0) is 21.7. The van der Waals surface area contributed by atoms with Crippen LogP contribution in [0.4, 0.5) is 0 Å². The number of fused-ring (bicyclic) bond motifs is 1. The molecule has 3 aromatic rings. The van der Waals surface area contributed by atoms with Crippen molar-refractivity contribution in [3.05, 3.63) is 58.9 Å². The van der Waals surface area contributed by atoms with Crippen LogP contribution in [0, 0.1) is 0 Å². The summed E-state index contributed by atoms with van der Waals surface area (Å²) in [5, 5.41) is 0. The van der Waals surface area contributed by atoms with E-state index in [0.29, 0.717) is 16.9 Å². The third-order valence-electron chi connectivity index (χ3n) is 4.42. The minimum absolute atomic E-state index is 0.190. The molecule has 1 heterocycles. The number of thiazole rings is 1. The maximum absolute atomic E-state index is 12.4. The molecule has 0 saturated heterocycles. The number of aryl methyl sites for hydroxylation is 1. The molecule has 30 heavy (non-hydrogen) atoms. The van der Waals surface area contributed by atoms with Crippen molar-refractivity contribution in [2.24, 2.45) is 4.99 Å². The van der Waals surface area contributed by atoms with E-state index in [-0.39, 0.29) is 23.7 Å². The minimum atomic E-state index is -3.54. The number of ether oxygens (including phenoxy) is 1. The van der Waals surface area contributed by atoms with E-state index in [0.717, 1.165) is 10.2 Å². The third-order valence-corrected chi connectivity index (χ3v) is 7.19. The van der Waals surface area contributed by atoms with Gasteiger partial charge in [-0.3, -0.25) is 4.79 Å². The molecule has 1 aromatic heterocycles. The number of carbonyl (C=O) groups excluding carboxylic acids is 2. The van der Waals surface area contributed by atoms with Crippen LogP contribution in [0.2, 0.25) is 0 Å². The summed E-state index contributed by atoms with van der Waals surface area (Å²) in [7, 11) is -3.54. The van der Waals surface area contributed by atoms with Crippen LogP contribution in [-0.4, -0.2) is 37.2 Å². The van der Waals surface area contributed by atoms with Gasteiger partial charge in [0.25, 0.3) is 0 Å². The van der Waals surface area contributed by atoms with E-state index >= 15 is 0 Å². The van der Waals surface area contributed by atoms with Crippen LogP contribution in [0.25, 0.3) is 10.2 Å². The van der Waals surface area contributed by atoms with Gasteiger partial charge in [-0.05, 0) is 44.2 Å². The number of amides is 1. The van der Waals surface area contributed by atoms with E-state index in [2.05, 4.69) is 4.99 Å². The van der Waals surface area contributed by atoms with E-state index in [9.17, 15) is 18.0 Å². The first-order chi connectivity index (χ1) is 14.4. The van der Waals surface area contributed by atoms with E-state index < -0.39 is 21.7 Å². The molecule has 2 aromatic carbocycles. The van der Waals surface area contributed by atoms with Gasteiger partial charge >= 0.3 is 5.97 Å². The second kappa shape index (κ2) is 9.36. The summed E-state index contributed by atoms with van der Waals surface area (Å²) in [6, 6.07) is 13.2. The van der Waals surface area contributed by atoms with Crippen LogP contribution >= 0.6 is 11.3 Å². The molecule has 0 saturated carbocycles. The molecule has 0 fully saturated rings. The molecule has 9 heteroatoms. The summed E-state index contributed by atoms with van der Waals surface area (Å²) in [5.41, 5.74) is 1.28. The maximum atomic E-state index is 12.4. The lowest BCUT2D eigenvalue weighted by atomic mass is 10.2. The van der Waals surface area contributed by atoms with E-state index in [1.54, 1.807) is 43.3 Å². The first kappa shape index (κ1) is 21.9. The van der Waals surface area contributed by atoms with E-state index in [1.165, 1.54) is 23.5 Å². The Balaban J connectivity index is 1.85. The van der Waals surface area contributed by atoms with Gasteiger partial charge in [0.15, 0.2) is 14.6 Å². The Morgan fingerprint density at radius 1 is 1.10 bits per heavy atom. The predicted molar refractivity (Wildman–Crippen MR) is 115 cm³/mol. The van der Waals surface area contributed by atoms with Crippen LogP contribution in [0.1, 0.15) is 30.6 Å². The zero-order valence-corrected chi connectivity index (χ0v) is 18.3. The Labute approximate surface area is 178 Å². The Hall–Kier alpha value is -2.78. The lowest BCUT2D eigenvalue weighted by Gasteiger charge is -2.03. The highest BCUT2D eigenvalue weighted by Crippen LogP contribution is 2.20. The second-order valence-electron chi connectivity index (χ2n) is 6.42. The molecule has 3 rings (SSSR count). The molecule has 0 N–H and O–H groups in total. The summed E-state index contributed by atoms with van der Waals surface area (Å²) < 4.78 is 32.4. The van der Waals surface area contributed by atoms with Crippen molar-refractivity contribution < 1.29 is 22.7 Å². The highest BCUT2D eigenvalue weighted by molar-refractivity contribution is 7.91. The number of aromatic nitrogens is 1. The van der Waals surface area contributed by atoms with Crippen molar-refractivity contribution in [1.29, 1.82) is 0 Å². The monoisotopic (exact) mass is 446 g/mol. The van der Waals surface area contributed by atoms with Crippen LogP contribution in [0.5, 0.6) is 0 Å². The first-order valence-electron chi connectivity index (χ1n) is 9.51. The van der Waals surface area contributed by atoms with E-state index in [1.807, 2.05) is 11.5 Å². The number of benzene rings is 2. The van der Waals surface area contributed by atoms with Gasteiger partial charge in [-0.1, -0.05) is 29.5 Å². The van der Waals surface area contributed by atoms with Gasteiger partial charge in [0.1, 0.15) is 0 Å². The third kappa shape index (κ3) is 4.85. The predicted octanol–water partition coefficient (Wildman–Crippen LogP) is 3.19. The van der Waals surface area contributed by atoms with Crippen LogP contribution < -0.4 is 4.80 Å². The molecule has 1 amide bonds. The number of nitrogens with zero attached hydrogens (tertiary/aromatic N) is 2. The van der Waals surface area contributed by atoms with Crippen molar-refractivity contribution in [3.63, 3.8) is 0 Å². The summed E-state index contributed by atoms with van der Waals surface area (Å²) in [5.74, 6) is -1.21. The number of hydrogen-bond acceptors (Lipinski definition) is 6. The number of esters is 1. The number of sulfone groups is 1. The summed E-state index contributed by atoms with van der Waals surface area (Å²) >= 11 is 1.27. The molecule has 0 aliphatic rings. The molecule has 0 spiro atoms. The van der Waals surface area contributed by atoms with Crippen molar-refractivity contribution in [2.75, 3.05) is 12.4 Å². The van der Waals surface area contributed by atoms with Crippen molar-refractivity contribution in [2.45, 2.75) is 31.7 Å². The van der Waals surface area contributed by atoms with Crippen LogP contribution in [0.3, 0.4) is 0 Å². The maximum Gasteiger partial charge on any atom is 0.338 e. The highest BCUT2D eigenvalue weighted by Gasteiger charge is 2.16. The highest BCUT2D eigenvalue weighted by atomic mass is 32.2. The Morgan fingerprint density at radius 3 is 2.50 bits per heavy atom. The lowest BCUT2D eigenvalue weighted by Crippen LogP contribution is -2.17. The molecule has 0 unspecified atom stereocenters. The number of rotatable bonds is 7. The molecule has 0 atom stereocenters. The fraction of sp³-hybridized carbons (Fsp3) is 0.286. The largest absolute Gasteiger partial charge is 0.462 e. The molecule has 0 aliphatic carbocycles. The average molecular weight is 447 g/mol. The molecule has 158 valence electrons. The molecule has 0 aliphatic heterocycles. The van der Waals surface area contributed by atoms with Gasteiger partial charge in [-0.25, -0.2) is 13.2 Å². The molecule has 0 bridgehead atoms. The Morgan fingerprint density at radius 2 is 1.83 bits per heavy atom. The number of hydrogen-bond donors (Lipinski definition) is 0. The molecule has 0 radical (unpaired) electrons. The first-order valence-corrected chi connectivity index (χ1v) is 12.0. The average Bonchev–Trinajstić information content (AvgIpc) is 3.09. The standard InChI is InChI=1S/C21H22N2O5S2/c1-3-23-17-11-10-15(20(25)28-4-2)14-18(17)29-21(23)22-19(24)12-13-30(26,27)16-8-6-5-7-9-16/h5-11,14H,3-4,12-13H2,1-2H3. The molecular formula is C21H22N2O5S2. The van der Waals surface area contributed by atoms with Gasteiger partial charge in [-0.2, -0.15) is 4.99 Å². The van der Waals surface area contributed by atoms with Gasteiger partial charge in [0.2, 0.25) is 5.91 Å². The minimum Gasteiger partial charge on any atom is -0.462 e. The van der Waals surface area contributed by atoms with Gasteiger partial charge < -0.3 is 9.30 Å². The normalized spacial score (nSPS) is 12.3. The summed E-state index contributed by atoms with van der Waals surface area (Å²) in [6.07, 6.45) is -0.205. The van der Waals surface area contributed by atoms with E-state index in [4.69, 9.17) is 4.74 Å². The van der Waals surface area contributed by atoms with Crippen molar-refractivity contribution in [1.82, 2.24) is 4.57 Å². The fourth-order valence-corrected chi connectivity index (χ4v) is 5.34. The Bertz CT molecular complexity index is 1240. The smallest absolute Gasteiger partial charge is 0.338 e. The van der Waals surface area contributed by atoms with Crippen LogP contribution in [0.15, 0.2) is 58.4 Å². The zero-order valence-electron chi connectivity index (χ0n) is 16.7. The molecule has 7 nitrogen and oxygen atoms in total. The number of carbonyl (C=O) groups is 2. The van der Waals surface area contributed by atoms with Gasteiger partial charge in [-0.15, -0.1) is 0 Å². The van der Waals surface area contributed by atoms with Crippen LogP contribution in [-0.2, 0) is 25.9 Å². The molecular weight excluding hydrogens is 424 g/mol. The van der Waals surface area contributed by atoms with Gasteiger partial charge in [0.05, 0.1) is 33.0 Å². The lowest BCUT2D eigenvalue weighted by molar-refractivity contribution is -0.117. The fourth-order valence-electron chi connectivity index (χ4n) is 2.94. The van der Waals surface area contributed by atoms with Crippen molar-refractivity contribution >= 4 is 43.3 Å². The SMILES string of the molecule is CCOC(=O)c1ccc2c(c1)sc(=NC(=O)CCS(=O)(=O)c1ccccc1)n2CC. The summed E-state index contributed by atoms with van der Waals surface area (Å²) in [4.78, 5) is 29.1. The topological polar surface area (TPSA) is 94.8 Å². The quantitative estimate of drug-likeness (QED) is 0.520. The van der Waals surface area contributed by atoms with Crippen molar-refractivity contribution in [3.8, 4) is 0 Å². The Kier molecular flexibility index (Phi) is 6.84. The summed E-state index contributed by atoms with van der Waals surface area (Å²) in [6.45, 7) is 4.53.